The van der Waals surface area contributed by atoms with Crippen molar-refractivity contribution in [1.82, 2.24) is 4.90 Å². The number of ketones is 1. The summed E-state index contributed by atoms with van der Waals surface area (Å²) in [5.41, 5.74) is 1.50. The molecule has 0 N–H and O–H groups in total. The Bertz CT molecular complexity index is 1310. The molecule has 1 aliphatic heterocycles. The first-order valence-electron chi connectivity index (χ1n) is 11.7. The highest BCUT2D eigenvalue weighted by Gasteiger charge is 2.35. The van der Waals surface area contributed by atoms with Crippen molar-refractivity contribution in [2.75, 3.05) is 21.3 Å². The van der Waals surface area contributed by atoms with Crippen molar-refractivity contribution in [3.63, 3.8) is 0 Å². The maximum Gasteiger partial charge on any atom is 0.410 e. The van der Waals surface area contributed by atoms with E-state index in [1.165, 1.54) is 0 Å². The third kappa shape index (κ3) is 4.72. The lowest BCUT2D eigenvalue weighted by molar-refractivity contribution is -0.118. The van der Waals surface area contributed by atoms with Crippen molar-refractivity contribution in [3.8, 4) is 17.2 Å². The normalized spacial score (nSPS) is 15.6. The number of rotatable bonds is 5. The highest BCUT2D eigenvalue weighted by molar-refractivity contribution is 6.12. The number of carbonyl (C=O) groups is 2. The second kappa shape index (κ2) is 9.29. The van der Waals surface area contributed by atoms with Crippen molar-refractivity contribution in [2.24, 2.45) is 0 Å². The Labute approximate surface area is 205 Å². The zero-order chi connectivity index (χ0) is 25.5. The summed E-state index contributed by atoms with van der Waals surface area (Å²) in [6, 6.07) is 9.62. The van der Waals surface area contributed by atoms with E-state index in [0.717, 1.165) is 38.4 Å². The predicted octanol–water partition coefficient (Wildman–Crippen LogP) is 5.66. The Kier molecular flexibility index (Phi) is 6.54. The number of nitrogens with zero attached hydrogens (tertiary/aromatic N) is 1. The van der Waals surface area contributed by atoms with E-state index in [4.69, 9.17) is 18.9 Å². The Morgan fingerprint density at radius 2 is 1.51 bits per heavy atom. The van der Waals surface area contributed by atoms with Gasteiger partial charge in [-0.1, -0.05) is 6.07 Å². The molecule has 1 heterocycles. The summed E-state index contributed by atoms with van der Waals surface area (Å²) in [7, 11) is 4.87. The van der Waals surface area contributed by atoms with E-state index >= 15 is 0 Å². The van der Waals surface area contributed by atoms with Crippen LogP contribution in [0.4, 0.5) is 4.79 Å². The summed E-state index contributed by atoms with van der Waals surface area (Å²) >= 11 is 0. The lowest BCUT2D eigenvalue weighted by Crippen LogP contribution is -2.47. The Morgan fingerprint density at radius 1 is 0.886 bits per heavy atom. The summed E-state index contributed by atoms with van der Waals surface area (Å²) in [4.78, 5) is 27.1. The zero-order valence-electron chi connectivity index (χ0n) is 21.5. The van der Waals surface area contributed by atoms with E-state index in [-0.39, 0.29) is 18.2 Å². The summed E-state index contributed by atoms with van der Waals surface area (Å²) in [5, 5.41) is 4.03. The predicted molar refractivity (Wildman–Crippen MR) is 136 cm³/mol. The van der Waals surface area contributed by atoms with Gasteiger partial charge < -0.3 is 23.8 Å². The highest BCUT2D eigenvalue weighted by atomic mass is 16.6. The molecule has 0 aromatic heterocycles. The molecular formula is C28H33NO6. The molecule has 35 heavy (non-hydrogen) atoms. The molecule has 0 spiro atoms. The molecule has 3 aromatic carbocycles. The first kappa shape index (κ1) is 24.6. The molecular weight excluding hydrogens is 446 g/mol. The van der Waals surface area contributed by atoms with Gasteiger partial charge in [-0.15, -0.1) is 0 Å². The standard InChI is InChI=1S/C28H33NO6/c1-16(30)10-17-11-20-22-13-25(33-6)26(34-7)14-23(22)21-12-18(32-5)8-9-19(21)24(20)15-29(17)27(31)35-28(2,3)4/h8-9,12-14,17H,10-11,15H2,1-7H3/t17-/m1/s1. The van der Waals surface area contributed by atoms with Gasteiger partial charge in [-0.25, -0.2) is 4.79 Å². The fourth-order valence-electron chi connectivity index (χ4n) is 4.92. The van der Waals surface area contributed by atoms with Crippen molar-refractivity contribution in [1.29, 1.82) is 0 Å². The van der Waals surface area contributed by atoms with Gasteiger partial charge in [0.1, 0.15) is 17.1 Å². The minimum Gasteiger partial charge on any atom is -0.497 e. The number of carbonyl (C=O) groups excluding carboxylic acids is 2. The molecule has 4 rings (SSSR count). The number of benzene rings is 3. The molecule has 0 aliphatic carbocycles. The largest absolute Gasteiger partial charge is 0.497 e. The van der Waals surface area contributed by atoms with Crippen LogP contribution in [0.25, 0.3) is 21.5 Å². The van der Waals surface area contributed by atoms with Gasteiger partial charge in [0, 0.05) is 12.5 Å². The minimum atomic E-state index is -0.638. The first-order valence-corrected chi connectivity index (χ1v) is 11.7. The maximum absolute atomic E-state index is 13.2. The quantitative estimate of drug-likeness (QED) is 0.440. The van der Waals surface area contributed by atoms with Crippen LogP contribution in [0.5, 0.6) is 17.2 Å². The van der Waals surface area contributed by atoms with Crippen molar-refractivity contribution < 1.29 is 28.5 Å². The van der Waals surface area contributed by atoms with Crippen LogP contribution in [0.1, 0.15) is 45.2 Å². The molecule has 0 unspecified atom stereocenters. The number of hydrogen-bond acceptors (Lipinski definition) is 6. The Balaban J connectivity index is 2.00. The molecule has 7 heteroatoms. The Hall–Kier alpha value is -3.48. The molecule has 0 bridgehead atoms. The average Bonchev–Trinajstić information content (AvgIpc) is 2.81. The summed E-state index contributed by atoms with van der Waals surface area (Å²) in [5.74, 6) is 2.03. The van der Waals surface area contributed by atoms with E-state index in [0.29, 0.717) is 24.5 Å². The number of fused-ring (bicyclic) bond motifs is 6. The molecule has 0 saturated heterocycles. The van der Waals surface area contributed by atoms with E-state index in [2.05, 4.69) is 0 Å². The van der Waals surface area contributed by atoms with Crippen LogP contribution in [0.2, 0.25) is 0 Å². The number of amides is 1. The van der Waals surface area contributed by atoms with E-state index in [9.17, 15) is 9.59 Å². The molecule has 0 radical (unpaired) electrons. The van der Waals surface area contributed by atoms with Crippen molar-refractivity contribution in [2.45, 2.75) is 58.7 Å². The smallest absolute Gasteiger partial charge is 0.410 e. The van der Waals surface area contributed by atoms with Crippen LogP contribution in [0, 0.1) is 0 Å². The lowest BCUT2D eigenvalue weighted by Gasteiger charge is -2.38. The summed E-state index contributed by atoms with van der Waals surface area (Å²) < 4.78 is 22.4. The monoisotopic (exact) mass is 479 g/mol. The number of Topliss-reactive ketones (excluding diaryl/α,β-unsaturated/α-hetero) is 1. The molecule has 1 atom stereocenters. The van der Waals surface area contributed by atoms with Crippen LogP contribution in [0.3, 0.4) is 0 Å². The van der Waals surface area contributed by atoms with E-state index in [1.807, 2.05) is 51.1 Å². The molecule has 0 saturated carbocycles. The van der Waals surface area contributed by atoms with Gasteiger partial charge >= 0.3 is 6.09 Å². The summed E-state index contributed by atoms with van der Waals surface area (Å²) in [6.07, 6.45) is 0.374. The lowest BCUT2D eigenvalue weighted by atomic mass is 9.84. The van der Waals surface area contributed by atoms with Crippen molar-refractivity contribution >= 4 is 33.4 Å². The van der Waals surface area contributed by atoms with Gasteiger partial charge in [0.05, 0.1) is 27.9 Å². The van der Waals surface area contributed by atoms with Gasteiger partial charge in [0.15, 0.2) is 11.5 Å². The van der Waals surface area contributed by atoms with Gasteiger partial charge in [0.25, 0.3) is 0 Å². The Morgan fingerprint density at radius 3 is 2.09 bits per heavy atom. The zero-order valence-corrected chi connectivity index (χ0v) is 21.5. The van der Waals surface area contributed by atoms with Crippen LogP contribution >= 0.6 is 0 Å². The fraction of sp³-hybridized carbons (Fsp3) is 0.429. The van der Waals surface area contributed by atoms with Crippen LogP contribution in [0.15, 0.2) is 30.3 Å². The number of hydrogen-bond donors (Lipinski definition) is 0. The second-order valence-electron chi connectivity index (χ2n) is 9.99. The van der Waals surface area contributed by atoms with Crippen LogP contribution < -0.4 is 14.2 Å². The van der Waals surface area contributed by atoms with Crippen molar-refractivity contribution in [3.05, 3.63) is 41.5 Å². The third-order valence-corrected chi connectivity index (χ3v) is 6.42. The summed E-state index contributed by atoms with van der Waals surface area (Å²) in [6.45, 7) is 7.43. The van der Waals surface area contributed by atoms with Gasteiger partial charge in [0.2, 0.25) is 0 Å². The van der Waals surface area contributed by atoms with E-state index in [1.54, 1.807) is 33.2 Å². The van der Waals surface area contributed by atoms with Gasteiger partial charge in [-0.2, -0.15) is 0 Å². The number of methoxy groups -OCH3 is 3. The minimum absolute atomic E-state index is 0.0288. The van der Waals surface area contributed by atoms with Crippen LogP contribution in [-0.4, -0.2) is 49.7 Å². The SMILES string of the molecule is COc1ccc2c3c(c4cc(OC)c(OC)cc4c2c1)C[C@@H](CC(C)=O)N(C(=O)OC(C)(C)C)C3. The molecule has 1 amide bonds. The highest BCUT2D eigenvalue weighted by Crippen LogP contribution is 2.43. The topological polar surface area (TPSA) is 74.3 Å². The fourth-order valence-corrected chi connectivity index (χ4v) is 4.92. The molecule has 3 aromatic rings. The third-order valence-electron chi connectivity index (χ3n) is 6.42. The number of ether oxygens (including phenoxy) is 4. The maximum atomic E-state index is 13.2. The van der Waals surface area contributed by atoms with Crippen LogP contribution in [-0.2, 0) is 22.5 Å². The van der Waals surface area contributed by atoms with Gasteiger partial charge in [-0.3, -0.25) is 4.79 Å². The van der Waals surface area contributed by atoms with E-state index < -0.39 is 11.7 Å². The molecule has 7 nitrogen and oxygen atoms in total. The average molecular weight is 480 g/mol. The molecule has 186 valence electrons. The molecule has 0 fully saturated rings. The van der Waals surface area contributed by atoms with Gasteiger partial charge in [-0.05, 0) is 91.1 Å². The first-order chi connectivity index (χ1) is 16.6. The molecule has 1 aliphatic rings. The second-order valence-corrected chi connectivity index (χ2v) is 9.99.